The molecule has 0 bridgehead atoms. The van der Waals surface area contributed by atoms with Crippen LogP contribution in [0.15, 0.2) is 23.2 Å². The van der Waals surface area contributed by atoms with E-state index >= 15 is 0 Å². The fourth-order valence-corrected chi connectivity index (χ4v) is 1.82. The topological polar surface area (TPSA) is 45.7 Å². The Balaban J connectivity index is 2.65. The zero-order valence-electron chi connectivity index (χ0n) is 13.7. The normalized spacial score (nSPS) is 12.9. The SMILES string of the molecule is CN=C(NCCC(F)(F)F)NCc1ccc(C)cc1OCC(F)(F)F. The number of halogens is 6. The number of nitrogens with zero attached hydrogens (tertiary/aromatic N) is 1. The van der Waals surface area contributed by atoms with Crippen molar-refractivity contribution < 1.29 is 31.1 Å². The van der Waals surface area contributed by atoms with Crippen LogP contribution in [-0.2, 0) is 6.54 Å². The molecule has 1 aromatic carbocycles. The van der Waals surface area contributed by atoms with E-state index in [1.165, 1.54) is 13.1 Å². The third kappa shape index (κ3) is 9.06. The van der Waals surface area contributed by atoms with Crippen molar-refractivity contribution >= 4 is 5.96 Å². The van der Waals surface area contributed by atoms with Crippen molar-refractivity contribution in [2.24, 2.45) is 4.99 Å². The molecule has 0 heterocycles. The van der Waals surface area contributed by atoms with Crippen LogP contribution >= 0.6 is 0 Å². The molecule has 0 atom stereocenters. The monoisotopic (exact) mass is 371 g/mol. The van der Waals surface area contributed by atoms with Crippen molar-refractivity contribution in [3.05, 3.63) is 29.3 Å². The lowest BCUT2D eigenvalue weighted by Gasteiger charge is -2.16. The van der Waals surface area contributed by atoms with Gasteiger partial charge in [0.05, 0.1) is 6.42 Å². The molecular weight excluding hydrogens is 352 g/mol. The molecule has 1 rings (SSSR count). The Kier molecular flexibility index (Phi) is 7.38. The van der Waals surface area contributed by atoms with E-state index in [1.54, 1.807) is 19.1 Å². The Hall–Kier alpha value is -2.13. The molecule has 0 aliphatic carbocycles. The minimum Gasteiger partial charge on any atom is -0.484 e. The molecule has 2 N–H and O–H groups in total. The highest BCUT2D eigenvalue weighted by molar-refractivity contribution is 5.79. The van der Waals surface area contributed by atoms with Crippen LogP contribution < -0.4 is 15.4 Å². The standard InChI is InChI=1S/C15H19F6N3O/c1-10-3-4-11(12(7-10)25-9-15(19,20)21)8-24-13(22-2)23-6-5-14(16,17)18/h3-4,7H,5-6,8-9H2,1-2H3,(H2,22,23,24). The van der Waals surface area contributed by atoms with E-state index < -0.39 is 25.4 Å². The second-order valence-corrected chi connectivity index (χ2v) is 5.23. The van der Waals surface area contributed by atoms with E-state index in [9.17, 15) is 26.3 Å². The van der Waals surface area contributed by atoms with Crippen molar-refractivity contribution in [3.63, 3.8) is 0 Å². The van der Waals surface area contributed by atoms with Crippen LogP contribution in [0.3, 0.4) is 0 Å². The summed E-state index contributed by atoms with van der Waals surface area (Å²) in [6.45, 7) is -0.0506. The number of aryl methyl sites for hydroxylation is 1. The average molecular weight is 371 g/mol. The molecule has 142 valence electrons. The van der Waals surface area contributed by atoms with Crippen LogP contribution in [0.2, 0.25) is 0 Å². The van der Waals surface area contributed by atoms with Crippen molar-refractivity contribution in [3.8, 4) is 5.75 Å². The molecule has 0 saturated heterocycles. The van der Waals surface area contributed by atoms with Gasteiger partial charge in [0.1, 0.15) is 5.75 Å². The van der Waals surface area contributed by atoms with Crippen LogP contribution in [0.1, 0.15) is 17.5 Å². The minimum absolute atomic E-state index is 0.0408. The quantitative estimate of drug-likeness (QED) is 0.457. The number of alkyl halides is 6. The van der Waals surface area contributed by atoms with Crippen LogP contribution in [0.4, 0.5) is 26.3 Å². The fraction of sp³-hybridized carbons (Fsp3) is 0.533. The van der Waals surface area contributed by atoms with Gasteiger partial charge in [0, 0.05) is 25.7 Å². The predicted molar refractivity (Wildman–Crippen MR) is 81.6 cm³/mol. The highest BCUT2D eigenvalue weighted by atomic mass is 19.4. The highest BCUT2D eigenvalue weighted by Gasteiger charge is 2.29. The lowest BCUT2D eigenvalue weighted by atomic mass is 10.1. The number of hydrogen-bond acceptors (Lipinski definition) is 2. The first-order chi connectivity index (χ1) is 11.5. The molecule has 0 unspecified atom stereocenters. The largest absolute Gasteiger partial charge is 0.484 e. The van der Waals surface area contributed by atoms with E-state index in [2.05, 4.69) is 15.6 Å². The van der Waals surface area contributed by atoms with E-state index in [4.69, 9.17) is 4.74 Å². The van der Waals surface area contributed by atoms with Gasteiger partial charge in [0.25, 0.3) is 0 Å². The molecule has 4 nitrogen and oxygen atoms in total. The van der Waals surface area contributed by atoms with Gasteiger partial charge < -0.3 is 15.4 Å². The number of rotatable bonds is 6. The summed E-state index contributed by atoms with van der Waals surface area (Å²) in [5.41, 5.74) is 1.14. The fourth-order valence-electron chi connectivity index (χ4n) is 1.82. The first-order valence-corrected chi connectivity index (χ1v) is 7.30. The van der Waals surface area contributed by atoms with Gasteiger partial charge in [0.2, 0.25) is 0 Å². The number of nitrogens with one attached hydrogen (secondary N) is 2. The molecule has 0 aliphatic rings. The Labute approximate surface area is 141 Å². The third-order valence-corrected chi connectivity index (χ3v) is 2.98. The van der Waals surface area contributed by atoms with Gasteiger partial charge in [-0.3, -0.25) is 4.99 Å². The molecule has 0 aromatic heterocycles. The highest BCUT2D eigenvalue weighted by Crippen LogP contribution is 2.23. The lowest BCUT2D eigenvalue weighted by Crippen LogP contribution is -2.38. The zero-order chi connectivity index (χ0) is 19.1. The molecule has 25 heavy (non-hydrogen) atoms. The third-order valence-electron chi connectivity index (χ3n) is 2.98. The van der Waals surface area contributed by atoms with Gasteiger partial charge in [-0.25, -0.2) is 0 Å². The van der Waals surface area contributed by atoms with Gasteiger partial charge in [-0.1, -0.05) is 12.1 Å². The molecule has 0 aliphatic heterocycles. The molecule has 0 radical (unpaired) electrons. The Bertz CT molecular complexity index is 584. The number of ether oxygens (including phenoxy) is 1. The summed E-state index contributed by atoms with van der Waals surface area (Å²) in [6.07, 6.45) is -9.79. The minimum atomic E-state index is -4.47. The molecule has 0 amide bonds. The number of hydrogen-bond donors (Lipinski definition) is 2. The van der Waals surface area contributed by atoms with Crippen LogP contribution in [0.5, 0.6) is 5.75 Å². The van der Waals surface area contributed by atoms with Crippen molar-refractivity contribution in [1.29, 1.82) is 0 Å². The molecule has 0 saturated carbocycles. The van der Waals surface area contributed by atoms with Crippen LogP contribution in [-0.4, -0.2) is 38.5 Å². The molecule has 0 fully saturated rings. The Morgan fingerprint density at radius 3 is 2.32 bits per heavy atom. The van der Waals surface area contributed by atoms with Gasteiger partial charge in [-0.2, -0.15) is 26.3 Å². The maximum Gasteiger partial charge on any atom is 0.422 e. The summed E-state index contributed by atoms with van der Waals surface area (Å²) in [5, 5.41) is 5.22. The lowest BCUT2D eigenvalue weighted by molar-refractivity contribution is -0.153. The summed E-state index contributed by atoms with van der Waals surface area (Å²) < 4.78 is 78.1. The van der Waals surface area contributed by atoms with Crippen molar-refractivity contribution in [2.75, 3.05) is 20.2 Å². The zero-order valence-corrected chi connectivity index (χ0v) is 13.7. The second kappa shape index (κ2) is 8.82. The van der Waals surface area contributed by atoms with Gasteiger partial charge in [-0.15, -0.1) is 0 Å². The second-order valence-electron chi connectivity index (χ2n) is 5.23. The van der Waals surface area contributed by atoms with E-state index in [1.807, 2.05) is 0 Å². The number of benzene rings is 1. The summed E-state index contributed by atoms with van der Waals surface area (Å²) in [5.74, 6) is 0.155. The first kappa shape index (κ1) is 20.9. The summed E-state index contributed by atoms with van der Waals surface area (Å²) in [7, 11) is 1.37. The van der Waals surface area contributed by atoms with E-state index in [0.717, 1.165) is 0 Å². The first-order valence-electron chi connectivity index (χ1n) is 7.30. The van der Waals surface area contributed by atoms with Crippen molar-refractivity contribution in [1.82, 2.24) is 10.6 Å². The van der Waals surface area contributed by atoms with Gasteiger partial charge in [0.15, 0.2) is 12.6 Å². The van der Waals surface area contributed by atoms with Gasteiger partial charge in [-0.05, 0) is 18.6 Å². The smallest absolute Gasteiger partial charge is 0.422 e. The summed E-state index contributed by atoms with van der Waals surface area (Å²) >= 11 is 0. The van der Waals surface area contributed by atoms with Crippen LogP contribution in [0, 0.1) is 6.92 Å². The molecule has 0 spiro atoms. The van der Waals surface area contributed by atoms with Crippen LogP contribution in [0.25, 0.3) is 0 Å². The maximum absolute atomic E-state index is 12.3. The number of guanidine groups is 1. The van der Waals surface area contributed by atoms with Crippen molar-refractivity contribution in [2.45, 2.75) is 32.2 Å². The number of aliphatic imine (C=N–C) groups is 1. The average Bonchev–Trinajstić information content (AvgIpc) is 2.48. The maximum atomic E-state index is 12.3. The molecule has 1 aromatic rings. The Morgan fingerprint density at radius 1 is 1.08 bits per heavy atom. The Morgan fingerprint density at radius 2 is 1.76 bits per heavy atom. The van der Waals surface area contributed by atoms with E-state index in [-0.39, 0.29) is 24.8 Å². The van der Waals surface area contributed by atoms with Gasteiger partial charge >= 0.3 is 12.4 Å². The summed E-state index contributed by atoms with van der Waals surface area (Å²) in [4.78, 5) is 3.76. The molecule has 10 heteroatoms. The summed E-state index contributed by atoms with van der Waals surface area (Å²) in [6, 6.07) is 4.73. The predicted octanol–water partition coefficient (Wildman–Crippen LogP) is 3.55. The van der Waals surface area contributed by atoms with E-state index in [0.29, 0.717) is 11.1 Å². The molecular formula is C15H19F6N3O.